The number of halogens is 1. The molecule has 2 rings (SSSR count). The molecule has 0 unspecified atom stereocenters. The third-order valence-electron chi connectivity index (χ3n) is 2.75. The Labute approximate surface area is 113 Å². The number of aromatic nitrogens is 1. The minimum absolute atomic E-state index is 0.0654. The summed E-state index contributed by atoms with van der Waals surface area (Å²) >= 11 is 1.05. The number of anilines is 1. The molecule has 0 radical (unpaired) electrons. The van der Waals surface area contributed by atoms with Gasteiger partial charge >= 0.3 is 4.87 Å². The van der Waals surface area contributed by atoms with E-state index in [1.807, 2.05) is 0 Å². The topological polar surface area (TPSA) is 51.1 Å². The first-order valence-electron chi connectivity index (χ1n) is 5.68. The molecule has 0 saturated heterocycles. The molecular weight excluding hydrogens is 267 g/mol. The zero-order valence-corrected chi connectivity index (χ0v) is 11.4. The number of hydrogen-bond donors (Lipinski definition) is 1. The Morgan fingerprint density at radius 3 is 2.79 bits per heavy atom. The van der Waals surface area contributed by atoms with Gasteiger partial charge < -0.3 is 5.32 Å². The number of amides is 1. The second kappa shape index (κ2) is 5.36. The molecule has 0 atom stereocenters. The smallest absolute Gasteiger partial charge is 0.307 e. The van der Waals surface area contributed by atoms with Crippen molar-refractivity contribution >= 4 is 22.9 Å². The molecule has 0 fully saturated rings. The third kappa shape index (κ3) is 3.08. The predicted octanol–water partition coefficient (Wildman–Crippen LogP) is 2.30. The molecule has 0 bridgehead atoms. The van der Waals surface area contributed by atoms with Crippen LogP contribution in [-0.2, 0) is 11.3 Å². The van der Waals surface area contributed by atoms with Crippen molar-refractivity contribution in [3.05, 3.63) is 50.3 Å². The van der Waals surface area contributed by atoms with Crippen LogP contribution >= 0.6 is 11.3 Å². The van der Waals surface area contributed by atoms with Gasteiger partial charge in [0.15, 0.2) is 0 Å². The molecule has 6 heteroatoms. The molecule has 1 N–H and O–H groups in total. The van der Waals surface area contributed by atoms with Gasteiger partial charge in [0.05, 0.1) is 0 Å². The number of rotatable bonds is 3. The standard InChI is InChI=1S/C13H13FN2O2S/c1-8-3-4-10(14)5-11(8)15-12(17)6-16-9(2)7-19-13(16)18/h3-5,7H,6H2,1-2H3,(H,15,17). The Bertz CT molecular complexity index is 676. The van der Waals surface area contributed by atoms with Crippen LogP contribution in [0.15, 0.2) is 28.4 Å². The normalized spacial score (nSPS) is 10.5. The Balaban J connectivity index is 2.14. The second-order valence-electron chi connectivity index (χ2n) is 4.24. The highest BCUT2D eigenvalue weighted by Gasteiger charge is 2.10. The second-order valence-corrected chi connectivity index (χ2v) is 5.06. The van der Waals surface area contributed by atoms with Gasteiger partial charge in [0.2, 0.25) is 5.91 Å². The van der Waals surface area contributed by atoms with Crippen LogP contribution in [0.1, 0.15) is 11.3 Å². The summed E-state index contributed by atoms with van der Waals surface area (Å²) in [6.45, 7) is 3.47. The maximum absolute atomic E-state index is 13.1. The van der Waals surface area contributed by atoms with Gasteiger partial charge in [-0.2, -0.15) is 0 Å². The largest absolute Gasteiger partial charge is 0.324 e. The van der Waals surface area contributed by atoms with Crippen LogP contribution in [0.25, 0.3) is 0 Å². The van der Waals surface area contributed by atoms with E-state index in [9.17, 15) is 14.0 Å². The van der Waals surface area contributed by atoms with Crippen LogP contribution in [0, 0.1) is 19.7 Å². The third-order valence-corrected chi connectivity index (χ3v) is 3.63. The van der Waals surface area contributed by atoms with Crippen molar-refractivity contribution in [2.24, 2.45) is 0 Å². The molecule has 1 amide bonds. The van der Waals surface area contributed by atoms with E-state index in [4.69, 9.17) is 0 Å². The van der Waals surface area contributed by atoms with E-state index >= 15 is 0 Å². The van der Waals surface area contributed by atoms with E-state index in [-0.39, 0.29) is 17.3 Å². The van der Waals surface area contributed by atoms with E-state index < -0.39 is 5.82 Å². The summed E-state index contributed by atoms with van der Waals surface area (Å²) in [6.07, 6.45) is 0. The summed E-state index contributed by atoms with van der Waals surface area (Å²) in [5, 5.41) is 4.31. The van der Waals surface area contributed by atoms with E-state index in [0.717, 1.165) is 22.6 Å². The molecular formula is C13H13FN2O2S. The predicted molar refractivity (Wildman–Crippen MR) is 73.1 cm³/mol. The lowest BCUT2D eigenvalue weighted by Crippen LogP contribution is -2.25. The number of thiazole rings is 1. The van der Waals surface area contributed by atoms with E-state index in [2.05, 4.69) is 5.32 Å². The van der Waals surface area contributed by atoms with Gasteiger partial charge in [0, 0.05) is 16.8 Å². The highest BCUT2D eigenvalue weighted by atomic mass is 32.1. The summed E-state index contributed by atoms with van der Waals surface area (Å²) in [5.41, 5.74) is 1.93. The molecule has 1 heterocycles. The van der Waals surface area contributed by atoms with Crippen molar-refractivity contribution in [2.75, 3.05) is 5.32 Å². The molecule has 19 heavy (non-hydrogen) atoms. The lowest BCUT2D eigenvalue weighted by Gasteiger charge is -2.09. The van der Waals surface area contributed by atoms with Crippen LogP contribution < -0.4 is 10.2 Å². The summed E-state index contributed by atoms with van der Waals surface area (Å²) in [6, 6.07) is 4.18. The van der Waals surface area contributed by atoms with Gasteiger partial charge in [-0.15, -0.1) is 0 Å². The number of nitrogens with one attached hydrogen (secondary N) is 1. The minimum Gasteiger partial charge on any atom is -0.324 e. The molecule has 0 aliphatic heterocycles. The number of hydrogen-bond acceptors (Lipinski definition) is 3. The minimum atomic E-state index is -0.412. The van der Waals surface area contributed by atoms with Gasteiger partial charge in [0.25, 0.3) is 0 Å². The van der Waals surface area contributed by atoms with E-state index in [1.54, 1.807) is 25.3 Å². The van der Waals surface area contributed by atoms with Gasteiger partial charge in [-0.05, 0) is 31.5 Å². The van der Waals surface area contributed by atoms with Crippen molar-refractivity contribution < 1.29 is 9.18 Å². The fourth-order valence-corrected chi connectivity index (χ4v) is 2.39. The van der Waals surface area contributed by atoms with E-state index in [1.165, 1.54) is 16.7 Å². The van der Waals surface area contributed by atoms with Crippen LogP contribution in [0.2, 0.25) is 0 Å². The molecule has 0 aliphatic carbocycles. The van der Waals surface area contributed by atoms with Gasteiger partial charge in [-0.25, -0.2) is 4.39 Å². The quantitative estimate of drug-likeness (QED) is 0.938. The molecule has 0 aliphatic rings. The van der Waals surface area contributed by atoms with Crippen molar-refractivity contribution in [3.8, 4) is 0 Å². The maximum atomic E-state index is 13.1. The number of benzene rings is 1. The summed E-state index contributed by atoms with van der Waals surface area (Å²) in [7, 11) is 0. The number of nitrogens with zero attached hydrogens (tertiary/aromatic N) is 1. The first kappa shape index (κ1) is 13.5. The van der Waals surface area contributed by atoms with Crippen molar-refractivity contribution in [3.63, 3.8) is 0 Å². The lowest BCUT2D eigenvalue weighted by molar-refractivity contribution is -0.116. The van der Waals surface area contributed by atoms with Crippen LogP contribution in [-0.4, -0.2) is 10.5 Å². The molecule has 2 aromatic rings. The lowest BCUT2D eigenvalue weighted by atomic mass is 10.2. The van der Waals surface area contributed by atoms with Crippen molar-refractivity contribution in [2.45, 2.75) is 20.4 Å². The van der Waals surface area contributed by atoms with Crippen molar-refractivity contribution in [1.29, 1.82) is 0 Å². The maximum Gasteiger partial charge on any atom is 0.307 e. The van der Waals surface area contributed by atoms with Gasteiger partial charge in [0.1, 0.15) is 12.4 Å². The highest BCUT2D eigenvalue weighted by molar-refractivity contribution is 7.07. The first-order valence-corrected chi connectivity index (χ1v) is 6.56. The van der Waals surface area contributed by atoms with E-state index in [0.29, 0.717) is 5.69 Å². The fraction of sp³-hybridized carbons (Fsp3) is 0.231. The average molecular weight is 280 g/mol. The zero-order valence-electron chi connectivity index (χ0n) is 10.6. The Morgan fingerprint density at radius 2 is 2.16 bits per heavy atom. The monoisotopic (exact) mass is 280 g/mol. The molecule has 0 saturated carbocycles. The Morgan fingerprint density at radius 1 is 1.42 bits per heavy atom. The molecule has 100 valence electrons. The average Bonchev–Trinajstić information content (AvgIpc) is 2.65. The van der Waals surface area contributed by atoms with Crippen LogP contribution in [0.4, 0.5) is 10.1 Å². The van der Waals surface area contributed by atoms with Gasteiger partial charge in [-0.1, -0.05) is 17.4 Å². The van der Waals surface area contributed by atoms with Crippen LogP contribution in [0.5, 0.6) is 0 Å². The number of carbonyl (C=O) groups excluding carboxylic acids is 1. The summed E-state index contributed by atoms with van der Waals surface area (Å²) in [5.74, 6) is -0.762. The highest BCUT2D eigenvalue weighted by Crippen LogP contribution is 2.16. The van der Waals surface area contributed by atoms with Crippen molar-refractivity contribution in [1.82, 2.24) is 4.57 Å². The number of aryl methyl sites for hydroxylation is 2. The molecule has 4 nitrogen and oxygen atoms in total. The van der Waals surface area contributed by atoms with Gasteiger partial charge in [-0.3, -0.25) is 14.2 Å². The fourth-order valence-electron chi connectivity index (χ4n) is 1.66. The van der Waals surface area contributed by atoms with Crippen LogP contribution in [0.3, 0.4) is 0 Å². The SMILES string of the molecule is Cc1ccc(F)cc1NC(=O)Cn1c(C)csc1=O. The number of carbonyl (C=O) groups is 1. The Kier molecular flexibility index (Phi) is 3.80. The Hall–Kier alpha value is -1.95. The first-order chi connectivity index (χ1) is 8.97. The molecule has 0 spiro atoms. The zero-order chi connectivity index (χ0) is 14.0. The summed E-state index contributed by atoms with van der Waals surface area (Å²) < 4.78 is 14.5. The molecule has 1 aromatic heterocycles. The molecule has 1 aromatic carbocycles. The summed E-state index contributed by atoms with van der Waals surface area (Å²) in [4.78, 5) is 23.2.